The van der Waals surface area contributed by atoms with Crippen LogP contribution in [0.15, 0.2) is 36.9 Å². The molecule has 2 aromatic rings. The van der Waals surface area contributed by atoms with Crippen molar-refractivity contribution in [3.63, 3.8) is 0 Å². The molecular formula is C10H9N3O2. The number of nitrogens with zero attached hydrogens (tertiary/aromatic N) is 3. The Bertz CT molecular complexity index is 416. The number of rotatable bonds is 3. The van der Waals surface area contributed by atoms with Crippen LogP contribution in [0.4, 0.5) is 0 Å². The molecule has 0 atom stereocenters. The SMILES string of the molecule is OCc1cnc(Oc2cccnc2)nc1. The second-order valence-corrected chi connectivity index (χ2v) is 2.82. The van der Waals surface area contributed by atoms with Crippen molar-refractivity contribution in [2.45, 2.75) is 6.61 Å². The lowest BCUT2D eigenvalue weighted by Crippen LogP contribution is -1.93. The Kier molecular flexibility index (Phi) is 2.85. The van der Waals surface area contributed by atoms with Crippen LogP contribution in [0.3, 0.4) is 0 Å². The highest BCUT2D eigenvalue weighted by molar-refractivity contribution is 5.20. The van der Waals surface area contributed by atoms with E-state index < -0.39 is 0 Å². The topological polar surface area (TPSA) is 68.1 Å². The minimum atomic E-state index is -0.0762. The molecule has 0 aliphatic carbocycles. The highest BCUT2D eigenvalue weighted by Gasteiger charge is 1.99. The van der Waals surface area contributed by atoms with Gasteiger partial charge in [0, 0.05) is 24.2 Å². The first-order chi connectivity index (χ1) is 7.38. The fourth-order valence-corrected chi connectivity index (χ4v) is 0.990. The Labute approximate surface area is 86.4 Å². The highest BCUT2D eigenvalue weighted by atomic mass is 16.5. The summed E-state index contributed by atoms with van der Waals surface area (Å²) in [4.78, 5) is 11.7. The van der Waals surface area contributed by atoms with Gasteiger partial charge in [-0.3, -0.25) is 4.98 Å². The smallest absolute Gasteiger partial charge is 0.321 e. The van der Waals surface area contributed by atoms with Gasteiger partial charge in [0.1, 0.15) is 5.75 Å². The van der Waals surface area contributed by atoms with Crippen molar-refractivity contribution in [3.05, 3.63) is 42.5 Å². The zero-order chi connectivity index (χ0) is 10.5. The Hall–Kier alpha value is -2.01. The summed E-state index contributed by atoms with van der Waals surface area (Å²) in [6, 6.07) is 3.76. The van der Waals surface area contributed by atoms with E-state index in [9.17, 15) is 0 Å². The molecule has 0 unspecified atom stereocenters. The zero-order valence-corrected chi connectivity index (χ0v) is 7.87. The van der Waals surface area contributed by atoms with Gasteiger partial charge in [-0.25, -0.2) is 9.97 Å². The number of ether oxygens (including phenoxy) is 1. The number of hydrogen-bond acceptors (Lipinski definition) is 5. The molecule has 2 aromatic heterocycles. The van der Waals surface area contributed by atoms with E-state index in [0.29, 0.717) is 11.3 Å². The van der Waals surface area contributed by atoms with E-state index in [-0.39, 0.29) is 12.6 Å². The predicted octanol–water partition coefficient (Wildman–Crippen LogP) is 1.16. The average Bonchev–Trinajstić information content (AvgIpc) is 2.31. The van der Waals surface area contributed by atoms with Crippen LogP contribution in [0.1, 0.15) is 5.56 Å². The van der Waals surface area contributed by atoms with Gasteiger partial charge in [0.2, 0.25) is 0 Å². The summed E-state index contributed by atoms with van der Waals surface area (Å²) in [6.07, 6.45) is 6.25. The standard InChI is InChI=1S/C10H9N3O2/c14-7-8-4-12-10(13-5-8)15-9-2-1-3-11-6-9/h1-6,14H,7H2. The summed E-state index contributed by atoms with van der Waals surface area (Å²) in [7, 11) is 0. The van der Waals surface area contributed by atoms with Gasteiger partial charge in [-0.2, -0.15) is 0 Å². The quantitative estimate of drug-likeness (QED) is 0.810. The number of pyridine rings is 1. The zero-order valence-electron chi connectivity index (χ0n) is 7.87. The summed E-state index contributed by atoms with van der Waals surface area (Å²) >= 11 is 0. The molecule has 1 N–H and O–H groups in total. The van der Waals surface area contributed by atoms with Crippen LogP contribution in [0.5, 0.6) is 11.8 Å². The second kappa shape index (κ2) is 4.47. The van der Waals surface area contributed by atoms with Crippen LogP contribution in [0, 0.1) is 0 Å². The summed E-state index contributed by atoms with van der Waals surface area (Å²) in [5.74, 6) is 0.578. The van der Waals surface area contributed by atoms with Gasteiger partial charge in [-0.05, 0) is 12.1 Å². The average molecular weight is 203 g/mol. The van der Waals surface area contributed by atoms with Gasteiger partial charge in [0.05, 0.1) is 12.8 Å². The maximum Gasteiger partial charge on any atom is 0.321 e. The molecule has 0 amide bonds. The molecule has 0 bridgehead atoms. The molecule has 0 aliphatic heterocycles. The monoisotopic (exact) mass is 203 g/mol. The number of aromatic nitrogens is 3. The van der Waals surface area contributed by atoms with Gasteiger partial charge in [-0.1, -0.05) is 0 Å². The first kappa shape index (κ1) is 9.54. The highest BCUT2D eigenvalue weighted by Crippen LogP contribution is 2.14. The van der Waals surface area contributed by atoms with Crippen molar-refractivity contribution in [3.8, 4) is 11.8 Å². The van der Waals surface area contributed by atoms with Crippen molar-refractivity contribution in [1.82, 2.24) is 15.0 Å². The Balaban J connectivity index is 2.11. The third kappa shape index (κ3) is 2.47. The summed E-state index contributed by atoms with van der Waals surface area (Å²) in [5.41, 5.74) is 0.647. The number of hydrogen-bond donors (Lipinski definition) is 1. The Morgan fingerprint density at radius 2 is 2.00 bits per heavy atom. The molecule has 2 rings (SSSR count). The largest absolute Gasteiger partial charge is 0.423 e. The molecule has 0 aromatic carbocycles. The van der Waals surface area contributed by atoms with Crippen molar-refractivity contribution in [1.29, 1.82) is 0 Å². The van der Waals surface area contributed by atoms with Gasteiger partial charge in [0.15, 0.2) is 0 Å². The van der Waals surface area contributed by atoms with Crippen LogP contribution in [0.25, 0.3) is 0 Å². The van der Waals surface area contributed by atoms with E-state index in [1.807, 2.05) is 0 Å². The molecule has 5 heteroatoms. The predicted molar refractivity (Wildman–Crippen MR) is 52.3 cm³/mol. The van der Waals surface area contributed by atoms with Gasteiger partial charge in [-0.15, -0.1) is 0 Å². The molecule has 0 spiro atoms. The molecule has 0 saturated heterocycles. The third-order valence-corrected chi connectivity index (χ3v) is 1.71. The summed E-state index contributed by atoms with van der Waals surface area (Å²) in [6.45, 7) is -0.0762. The fraction of sp³-hybridized carbons (Fsp3) is 0.100. The van der Waals surface area contributed by atoms with E-state index in [2.05, 4.69) is 15.0 Å². The van der Waals surface area contributed by atoms with Crippen molar-refractivity contribution in [2.24, 2.45) is 0 Å². The van der Waals surface area contributed by atoms with Gasteiger partial charge < -0.3 is 9.84 Å². The third-order valence-electron chi connectivity index (χ3n) is 1.71. The van der Waals surface area contributed by atoms with Crippen LogP contribution < -0.4 is 4.74 Å². The molecule has 0 aliphatic rings. The van der Waals surface area contributed by atoms with Gasteiger partial charge >= 0.3 is 6.01 Å². The van der Waals surface area contributed by atoms with Crippen LogP contribution in [-0.4, -0.2) is 20.1 Å². The van der Waals surface area contributed by atoms with E-state index in [1.165, 1.54) is 12.4 Å². The van der Waals surface area contributed by atoms with Crippen LogP contribution in [-0.2, 0) is 6.61 Å². The lowest BCUT2D eigenvalue weighted by atomic mass is 10.4. The maximum atomic E-state index is 8.79. The Morgan fingerprint density at radius 3 is 2.60 bits per heavy atom. The van der Waals surface area contributed by atoms with Gasteiger partial charge in [0.25, 0.3) is 0 Å². The lowest BCUT2D eigenvalue weighted by Gasteiger charge is -2.02. The molecule has 2 heterocycles. The van der Waals surface area contributed by atoms with E-state index >= 15 is 0 Å². The van der Waals surface area contributed by atoms with Crippen LogP contribution >= 0.6 is 0 Å². The van der Waals surface area contributed by atoms with Crippen molar-refractivity contribution < 1.29 is 9.84 Å². The normalized spacial score (nSPS) is 9.93. The number of aliphatic hydroxyl groups excluding tert-OH is 1. The Morgan fingerprint density at radius 1 is 1.20 bits per heavy atom. The fourth-order valence-electron chi connectivity index (χ4n) is 0.990. The van der Waals surface area contributed by atoms with Crippen molar-refractivity contribution >= 4 is 0 Å². The summed E-state index contributed by atoms with van der Waals surface area (Å²) in [5, 5.41) is 8.79. The minimum absolute atomic E-state index is 0.0762. The lowest BCUT2D eigenvalue weighted by molar-refractivity contribution is 0.280. The van der Waals surface area contributed by atoms with Crippen LogP contribution in [0.2, 0.25) is 0 Å². The molecule has 15 heavy (non-hydrogen) atoms. The second-order valence-electron chi connectivity index (χ2n) is 2.82. The molecule has 0 radical (unpaired) electrons. The molecule has 0 fully saturated rings. The van der Waals surface area contributed by atoms with E-state index in [4.69, 9.17) is 9.84 Å². The minimum Gasteiger partial charge on any atom is -0.423 e. The summed E-state index contributed by atoms with van der Waals surface area (Å²) < 4.78 is 5.31. The van der Waals surface area contributed by atoms with Crippen molar-refractivity contribution in [2.75, 3.05) is 0 Å². The first-order valence-corrected chi connectivity index (χ1v) is 4.38. The van der Waals surface area contributed by atoms with E-state index in [0.717, 1.165) is 0 Å². The molecule has 5 nitrogen and oxygen atoms in total. The first-order valence-electron chi connectivity index (χ1n) is 4.38. The molecular weight excluding hydrogens is 194 g/mol. The van der Waals surface area contributed by atoms with E-state index in [1.54, 1.807) is 24.5 Å². The molecule has 76 valence electrons. The molecule has 0 saturated carbocycles. The maximum absolute atomic E-state index is 8.79. The number of aliphatic hydroxyl groups is 1.